The molecule has 7 nitrogen and oxygen atoms in total. The fourth-order valence-electron chi connectivity index (χ4n) is 3.55. The molecule has 1 aliphatic rings. The molecule has 3 N–H and O–H groups in total. The highest BCUT2D eigenvalue weighted by molar-refractivity contribution is 7.11. The lowest BCUT2D eigenvalue weighted by Gasteiger charge is -2.25. The molecule has 0 unspecified atom stereocenters. The SMILES string of the molecule is C=C(C#N)CNc1c(OC)ccc2ccc(-c3csc(C=O)n3)cc12.CN1CCC(N)CC1. The number of likely N-dealkylation sites (tertiary alicyclic amines) is 1. The Morgan fingerprint density at radius 2 is 2.12 bits per heavy atom. The number of ether oxygens (including phenoxy) is 1. The number of anilines is 1. The van der Waals surface area contributed by atoms with Gasteiger partial charge in [0.05, 0.1) is 24.6 Å². The third-order valence-corrected chi connectivity index (χ3v) is 6.29. The van der Waals surface area contributed by atoms with Gasteiger partial charge in [-0.05, 0) is 50.5 Å². The number of aromatic nitrogens is 1. The number of hydrogen-bond acceptors (Lipinski definition) is 8. The number of benzene rings is 2. The van der Waals surface area contributed by atoms with Crippen molar-refractivity contribution in [3.63, 3.8) is 0 Å². The molecule has 8 heteroatoms. The summed E-state index contributed by atoms with van der Waals surface area (Å²) in [4.78, 5) is 17.5. The third kappa shape index (κ3) is 6.39. The minimum atomic E-state index is 0.336. The second-order valence-corrected chi connectivity index (χ2v) is 8.87. The predicted octanol–water partition coefficient (Wildman–Crippen LogP) is 4.32. The molecular formula is C25H29N5O2S. The summed E-state index contributed by atoms with van der Waals surface area (Å²) in [5, 5.41) is 16.4. The number of aldehydes is 1. The first-order chi connectivity index (χ1) is 15.9. The lowest BCUT2D eigenvalue weighted by atomic mass is 10.0. The maximum Gasteiger partial charge on any atom is 0.178 e. The maximum absolute atomic E-state index is 10.9. The normalized spacial score (nSPS) is 14.1. The number of carbonyl (C=O) groups is 1. The molecule has 33 heavy (non-hydrogen) atoms. The van der Waals surface area contributed by atoms with Gasteiger partial charge in [-0.25, -0.2) is 4.98 Å². The molecule has 0 radical (unpaired) electrons. The molecule has 2 heterocycles. The topological polar surface area (TPSA) is 104 Å². The average molecular weight is 464 g/mol. The van der Waals surface area contributed by atoms with Gasteiger partial charge in [0.15, 0.2) is 11.3 Å². The summed E-state index contributed by atoms with van der Waals surface area (Å²) in [6.07, 6.45) is 3.10. The Labute approximate surface area is 198 Å². The number of fused-ring (bicyclic) bond motifs is 1. The second kappa shape index (κ2) is 11.6. The minimum absolute atomic E-state index is 0.336. The lowest BCUT2D eigenvalue weighted by molar-refractivity contribution is 0.112. The minimum Gasteiger partial charge on any atom is -0.495 e. The number of hydrogen-bond donors (Lipinski definition) is 2. The summed E-state index contributed by atoms with van der Waals surface area (Å²) in [6.45, 7) is 6.39. The highest BCUT2D eigenvalue weighted by atomic mass is 32.1. The molecule has 1 aliphatic heterocycles. The first-order valence-electron chi connectivity index (χ1n) is 10.7. The summed E-state index contributed by atoms with van der Waals surface area (Å²) >= 11 is 1.31. The third-order valence-electron chi connectivity index (χ3n) is 5.52. The van der Waals surface area contributed by atoms with E-state index in [4.69, 9.17) is 15.7 Å². The van der Waals surface area contributed by atoms with Gasteiger partial charge in [-0.2, -0.15) is 5.26 Å². The van der Waals surface area contributed by atoms with E-state index in [1.165, 1.54) is 37.3 Å². The van der Waals surface area contributed by atoms with Crippen LogP contribution in [0, 0.1) is 11.3 Å². The largest absolute Gasteiger partial charge is 0.495 e. The van der Waals surface area contributed by atoms with Crippen molar-refractivity contribution in [1.82, 2.24) is 9.88 Å². The van der Waals surface area contributed by atoms with Crippen molar-refractivity contribution in [3.05, 3.63) is 52.9 Å². The van der Waals surface area contributed by atoms with Gasteiger partial charge in [0.2, 0.25) is 0 Å². The highest BCUT2D eigenvalue weighted by Gasteiger charge is 2.12. The summed E-state index contributed by atoms with van der Waals surface area (Å²) < 4.78 is 5.45. The van der Waals surface area contributed by atoms with Crippen LogP contribution >= 0.6 is 11.3 Å². The number of nitrogens with zero attached hydrogens (tertiary/aromatic N) is 3. The molecule has 1 aromatic heterocycles. The molecule has 0 aliphatic carbocycles. The zero-order chi connectivity index (χ0) is 23.8. The molecule has 1 fully saturated rings. The van der Waals surface area contributed by atoms with E-state index in [1.54, 1.807) is 7.11 Å². The van der Waals surface area contributed by atoms with Crippen molar-refractivity contribution in [2.45, 2.75) is 18.9 Å². The van der Waals surface area contributed by atoms with Crippen LogP contribution < -0.4 is 15.8 Å². The fourth-order valence-corrected chi connectivity index (χ4v) is 4.18. The van der Waals surface area contributed by atoms with Crippen LogP contribution in [0.3, 0.4) is 0 Å². The second-order valence-electron chi connectivity index (χ2n) is 7.98. The van der Waals surface area contributed by atoms with E-state index >= 15 is 0 Å². The molecule has 2 aromatic carbocycles. The van der Waals surface area contributed by atoms with Crippen LogP contribution in [0.1, 0.15) is 22.6 Å². The Hall–Kier alpha value is -3.25. The van der Waals surface area contributed by atoms with Gasteiger partial charge in [0.25, 0.3) is 0 Å². The van der Waals surface area contributed by atoms with Crippen molar-refractivity contribution in [3.8, 4) is 23.1 Å². The van der Waals surface area contributed by atoms with Gasteiger partial charge in [0, 0.05) is 34.5 Å². The molecule has 0 bridgehead atoms. The molecule has 172 valence electrons. The van der Waals surface area contributed by atoms with Gasteiger partial charge in [-0.3, -0.25) is 4.79 Å². The summed E-state index contributed by atoms with van der Waals surface area (Å²) in [5.74, 6) is 0.683. The quantitative estimate of drug-likeness (QED) is 0.414. The van der Waals surface area contributed by atoms with E-state index in [0.717, 1.165) is 34.0 Å². The number of nitrogens with one attached hydrogen (secondary N) is 1. The number of carbonyl (C=O) groups excluding carboxylic acids is 1. The Kier molecular flexibility index (Phi) is 8.55. The summed E-state index contributed by atoms with van der Waals surface area (Å²) in [7, 11) is 3.75. The maximum atomic E-state index is 10.9. The summed E-state index contributed by atoms with van der Waals surface area (Å²) in [6, 6.07) is 12.3. The number of methoxy groups -OCH3 is 1. The van der Waals surface area contributed by atoms with E-state index in [0.29, 0.717) is 28.9 Å². The molecule has 1 saturated heterocycles. The Bertz CT molecular complexity index is 1150. The molecule has 0 saturated carbocycles. The molecule has 0 atom stereocenters. The Morgan fingerprint density at radius 1 is 1.39 bits per heavy atom. The average Bonchev–Trinajstić information content (AvgIpc) is 3.33. The van der Waals surface area contributed by atoms with Gasteiger partial charge in [-0.15, -0.1) is 11.3 Å². The van der Waals surface area contributed by atoms with Crippen LogP contribution in [0.4, 0.5) is 5.69 Å². The molecule has 0 spiro atoms. The van der Waals surface area contributed by atoms with Gasteiger partial charge >= 0.3 is 0 Å². The van der Waals surface area contributed by atoms with Gasteiger partial charge < -0.3 is 20.7 Å². The molecular weight excluding hydrogens is 434 g/mol. The highest BCUT2D eigenvalue weighted by Crippen LogP contribution is 2.36. The van der Waals surface area contributed by atoms with E-state index in [1.807, 2.05) is 41.8 Å². The zero-order valence-corrected chi connectivity index (χ0v) is 19.8. The van der Waals surface area contributed by atoms with E-state index < -0.39 is 0 Å². The monoisotopic (exact) mass is 463 g/mol. The fraction of sp³-hybridized carbons (Fsp3) is 0.320. The Balaban J connectivity index is 0.000000323. The van der Waals surface area contributed by atoms with Crippen LogP contribution in [0.25, 0.3) is 22.0 Å². The number of rotatable bonds is 6. The summed E-state index contributed by atoms with van der Waals surface area (Å²) in [5.41, 5.74) is 8.56. The Morgan fingerprint density at radius 3 is 2.73 bits per heavy atom. The van der Waals surface area contributed by atoms with Crippen LogP contribution in [0.15, 0.2) is 47.9 Å². The van der Waals surface area contributed by atoms with Crippen molar-refractivity contribution in [1.29, 1.82) is 5.26 Å². The van der Waals surface area contributed by atoms with Crippen LogP contribution in [0.2, 0.25) is 0 Å². The van der Waals surface area contributed by atoms with E-state index in [2.05, 4.69) is 28.8 Å². The molecule has 0 amide bonds. The van der Waals surface area contributed by atoms with Crippen LogP contribution in [0.5, 0.6) is 5.75 Å². The smallest absolute Gasteiger partial charge is 0.178 e. The van der Waals surface area contributed by atoms with Gasteiger partial charge in [-0.1, -0.05) is 24.8 Å². The van der Waals surface area contributed by atoms with Crippen molar-refractivity contribution >= 4 is 34.1 Å². The van der Waals surface area contributed by atoms with E-state index in [-0.39, 0.29) is 0 Å². The number of piperidine rings is 1. The number of nitrogens with two attached hydrogens (primary N) is 1. The molecule has 4 rings (SSSR count). The predicted molar refractivity (Wildman–Crippen MR) is 135 cm³/mol. The standard InChI is InChI=1S/C19H15N3O2S.C6H14N2/c1-12(8-20)9-21-19-15-7-14(16-11-25-18(10-23)22-16)4-3-13(15)5-6-17(19)24-2;1-8-4-2-6(7)3-5-8/h3-7,10-11,21H,1,9H2,2H3;6H,2-5,7H2,1H3. The van der Waals surface area contributed by atoms with Gasteiger partial charge in [0.1, 0.15) is 5.75 Å². The lowest BCUT2D eigenvalue weighted by Crippen LogP contribution is -2.37. The number of thiazole rings is 1. The van der Waals surface area contributed by atoms with Crippen LogP contribution in [-0.2, 0) is 0 Å². The number of nitriles is 1. The first-order valence-corrected chi connectivity index (χ1v) is 11.6. The van der Waals surface area contributed by atoms with Crippen molar-refractivity contribution in [2.24, 2.45) is 5.73 Å². The van der Waals surface area contributed by atoms with Crippen molar-refractivity contribution in [2.75, 3.05) is 39.1 Å². The van der Waals surface area contributed by atoms with E-state index in [9.17, 15) is 4.79 Å². The van der Waals surface area contributed by atoms with Crippen molar-refractivity contribution < 1.29 is 9.53 Å². The zero-order valence-electron chi connectivity index (χ0n) is 19.0. The van der Waals surface area contributed by atoms with Crippen LogP contribution in [-0.4, -0.2) is 56.0 Å². The first kappa shape index (κ1) is 24.4. The molecule has 3 aromatic rings.